The number of carbonyl (C=O) groups is 2. The van der Waals surface area contributed by atoms with Gasteiger partial charge < -0.3 is 19.5 Å². The van der Waals surface area contributed by atoms with E-state index in [9.17, 15) is 9.59 Å². The number of methoxy groups -OCH3 is 2. The van der Waals surface area contributed by atoms with Crippen LogP contribution in [-0.2, 0) is 22.6 Å². The number of rotatable bonds is 8. The third-order valence-corrected chi connectivity index (χ3v) is 4.45. The van der Waals surface area contributed by atoms with E-state index in [1.807, 2.05) is 19.1 Å². The number of carboxylic acid groups (broad SMARTS) is 1. The lowest BCUT2D eigenvalue weighted by atomic mass is 9.98. The number of fused-ring (bicyclic) bond motifs is 1. The number of benzene rings is 1. The van der Waals surface area contributed by atoms with E-state index < -0.39 is 12.0 Å². The van der Waals surface area contributed by atoms with Gasteiger partial charge in [0.25, 0.3) is 0 Å². The maximum absolute atomic E-state index is 12.4. The number of carbonyl (C=O) groups excluding carboxylic acids is 1. The number of nitrogens with one attached hydrogen (secondary N) is 1. The summed E-state index contributed by atoms with van der Waals surface area (Å²) in [5, 5.41) is 12.0. The van der Waals surface area contributed by atoms with Crippen LogP contribution in [0.2, 0.25) is 0 Å². The van der Waals surface area contributed by atoms with Crippen molar-refractivity contribution >= 4 is 11.9 Å². The van der Waals surface area contributed by atoms with Gasteiger partial charge in [-0.2, -0.15) is 0 Å². The van der Waals surface area contributed by atoms with Crippen molar-refractivity contribution in [3.63, 3.8) is 0 Å². The van der Waals surface area contributed by atoms with Gasteiger partial charge in [0, 0.05) is 13.1 Å². The van der Waals surface area contributed by atoms with Crippen LogP contribution in [0.4, 0.5) is 0 Å². The second-order valence-electron chi connectivity index (χ2n) is 6.10. The maximum atomic E-state index is 12.4. The molecule has 25 heavy (non-hydrogen) atoms. The smallest absolute Gasteiger partial charge is 0.320 e. The second kappa shape index (κ2) is 8.71. The number of aliphatic carboxylic acids is 1. The zero-order valence-electron chi connectivity index (χ0n) is 15.0. The van der Waals surface area contributed by atoms with E-state index in [0.717, 1.165) is 24.0 Å². The summed E-state index contributed by atoms with van der Waals surface area (Å²) in [6, 6.07) is 3.17. The van der Waals surface area contributed by atoms with Gasteiger partial charge in [-0.25, -0.2) is 0 Å². The number of ether oxygens (including phenoxy) is 2. The fraction of sp³-hybridized carbons (Fsp3) is 0.556. The second-order valence-corrected chi connectivity index (χ2v) is 6.10. The van der Waals surface area contributed by atoms with Crippen molar-refractivity contribution in [3.05, 3.63) is 23.3 Å². The summed E-state index contributed by atoms with van der Waals surface area (Å²) in [7, 11) is 3.18. The fourth-order valence-corrected chi connectivity index (χ4v) is 3.02. The predicted octanol–water partition coefficient (Wildman–Crippen LogP) is 1.43. The minimum Gasteiger partial charge on any atom is -0.493 e. The monoisotopic (exact) mass is 350 g/mol. The Morgan fingerprint density at radius 1 is 1.24 bits per heavy atom. The van der Waals surface area contributed by atoms with Crippen molar-refractivity contribution in [1.29, 1.82) is 0 Å². The van der Waals surface area contributed by atoms with Crippen LogP contribution in [-0.4, -0.2) is 55.2 Å². The number of hydrogen-bond acceptors (Lipinski definition) is 5. The van der Waals surface area contributed by atoms with Gasteiger partial charge in [-0.1, -0.05) is 13.3 Å². The van der Waals surface area contributed by atoms with Crippen molar-refractivity contribution in [2.45, 2.75) is 38.8 Å². The van der Waals surface area contributed by atoms with Gasteiger partial charge >= 0.3 is 5.97 Å². The van der Waals surface area contributed by atoms with E-state index >= 15 is 0 Å². The SMILES string of the molecule is CCCC(NCC(=O)N1CCc2cc(OC)c(OC)cc2C1)C(=O)O. The standard InChI is InChI=1S/C18H26N2O5/c1-4-5-14(18(22)23)19-10-17(21)20-7-6-12-8-15(24-2)16(25-3)9-13(12)11-20/h8-9,14,19H,4-7,10-11H2,1-3H3,(H,22,23). The van der Waals surface area contributed by atoms with E-state index in [-0.39, 0.29) is 12.5 Å². The molecule has 0 saturated heterocycles. The van der Waals surface area contributed by atoms with E-state index in [0.29, 0.717) is 31.0 Å². The largest absolute Gasteiger partial charge is 0.493 e. The van der Waals surface area contributed by atoms with Gasteiger partial charge in [-0.3, -0.25) is 14.9 Å². The van der Waals surface area contributed by atoms with Gasteiger partial charge in [-0.05, 0) is 36.1 Å². The molecule has 0 bridgehead atoms. The van der Waals surface area contributed by atoms with Crippen LogP contribution >= 0.6 is 0 Å². The molecule has 0 saturated carbocycles. The van der Waals surface area contributed by atoms with Crippen LogP contribution in [0, 0.1) is 0 Å². The lowest BCUT2D eigenvalue weighted by Gasteiger charge is -2.30. The van der Waals surface area contributed by atoms with E-state index in [1.54, 1.807) is 19.1 Å². The number of nitrogens with zero attached hydrogens (tertiary/aromatic N) is 1. The molecule has 0 radical (unpaired) electrons. The summed E-state index contributed by atoms with van der Waals surface area (Å²) in [6.07, 6.45) is 1.98. The maximum Gasteiger partial charge on any atom is 0.320 e. The molecule has 1 aromatic carbocycles. The molecule has 1 aromatic rings. The molecule has 1 aliphatic rings. The normalized spacial score (nSPS) is 14.6. The Labute approximate surface area is 147 Å². The van der Waals surface area contributed by atoms with Gasteiger partial charge in [-0.15, -0.1) is 0 Å². The highest BCUT2D eigenvalue weighted by molar-refractivity contribution is 5.80. The first-order valence-electron chi connectivity index (χ1n) is 8.47. The Morgan fingerprint density at radius 3 is 2.44 bits per heavy atom. The molecular weight excluding hydrogens is 324 g/mol. The van der Waals surface area contributed by atoms with Crippen LogP contribution in [0.25, 0.3) is 0 Å². The summed E-state index contributed by atoms with van der Waals surface area (Å²) < 4.78 is 10.6. The summed E-state index contributed by atoms with van der Waals surface area (Å²) >= 11 is 0. The number of amides is 1. The molecule has 1 unspecified atom stereocenters. The summed E-state index contributed by atoms with van der Waals surface area (Å²) in [5.74, 6) is 0.312. The summed E-state index contributed by atoms with van der Waals surface area (Å²) in [6.45, 7) is 3.04. The van der Waals surface area contributed by atoms with Crippen molar-refractivity contribution in [3.8, 4) is 11.5 Å². The highest BCUT2D eigenvalue weighted by atomic mass is 16.5. The van der Waals surface area contributed by atoms with Gasteiger partial charge in [0.15, 0.2) is 11.5 Å². The Kier molecular flexibility index (Phi) is 6.64. The minimum absolute atomic E-state index is 0.0274. The fourth-order valence-electron chi connectivity index (χ4n) is 3.02. The zero-order valence-corrected chi connectivity index (χ0v) is 15.0. The molecular formula is C18H26N2O5. The first-order chi connectivity index (χ1) is 12.0. The third kappa shape index (κ3) is 4.63. The van der Waals surface area contributed by atoms with Crippen molar-refractivity contribution in [1.82, 2.24) is 10.2 Å². The molecule has 0 fully saturated rings. The molecule has 0 aliphatic carbocycles. The van der Waals surface area contributed by atoms with Crippen molar-refractivity contribution < 1.29 is 24.2 Å². The molecule has 138 valence electrons. The van der Waals surface area contributed by atoms with Crippen LogP contribution in [0.3, 0.4) is 0 Å². The highest BCUT2D eigenvalue weighted by Crippen LogP contribution is 2.33. The zero-order chi connectivity index (χ0) is 18.4. The molecule has 1 aliphatic heterocycles. The molecule has 2 N–H and O–H groups in total. The Hall–Kier alpha value is -2.28. The minimum atomic E-state index is -0.921. The highest BCUT2D eigenvalue weighted by Gasteiger charge is 2.24. The number of carboxylic acids is 1. The predicted molar refractivity (Wildman–Crippen MR) is 93.0 cm³/mol. The van der Waals surface area contributed by atoms with Crippen LogP contribution in [0.1, 0.15) is 30.9 Å². The Bertz CT molecular complexity index is 632. The van der Waals surface area contributed by atoms with Crippen LogP contribution < -0.4 is 14.8 Å². The topological polar surface area (TPSA) is 88.1 Å². The summed E-state index contributed by atoms with van der Waals surface area (Å²) in [5.41, 5.74) is 2.17. The Morgan fingerprint density at radius 2 is 1.88 bits per heavy atom. The lowest BCUT2D eigenvalue weighted by Crippen LogP contribution is -2.45. The quantitative estimate of drug-likeness (QED) is 0.737. The molecule has 1 heterocycles. The molecule has 0 aromatic heterocycles. The first kappa shape index (κ1) is 19.1. The molecule has 0 spiro atoms. The average molecular weight is 350 g/mol. The van der Waals surface area contributed by atoms with Crippen molar-refractivity contribution in [2.75, 3.05) is 27.3 Å². The van der Waals surface area contributed by atoms with E-state index in [1.165, 1.54) is 0 Å². The Balaban J connectivity index is 2.01. The van der Waals surface area contributed by atoms with E-state index in [2.05, 4.69) is 5.32 Å². The van der Waals surface area contributed by atoms with Gasteiger partial charge in [0.2, 0.25) is 5.91 Å². The van der Waals surface area contributed by atoms with E-state index in [4.69, 9.17) is 14.6 Å². The molecule has 7 heteroatoms. The van der Waals surface area contributed by atoms with Gasteiger partial charge in [0.1, 0.15) is 6.04 Å². The van der Waals surface area contributed by atoms with Crippen LogP contribution in [0.15, 0.2) is 12.1 Å². The summed E-state index contributed by atoms with van der Waals surface area (Å²) in [4.78, 5) is 25.3. The molecule has 1 amide bonds. The molecule has 7 nitrogen and oxygen atoms in total. The van der Waals surface area contributed by atoms with Crippen molar-refractivity contribution in [2.24, 2.45) is 0 Å². The van der Waals surface area contributed by atoms with Crippen LogP contribution in [0.5, 0.6) is 11.5 Å². The van der Waals surface area contributed by atoms with Gasteiger partial charge in [0.05, 0.1) is 20.8 Å². The first-order valence-corrected chi connectivity index (χ1v) is 8.47. The lowest BCUT2D eigenvalue weighted by molar-refractivity contribution is -0.140. The molecule has 2 rings (SSSR count). The number of hydrogen-bond donors (Lipinski definition) is 2. The molecule has 1 atom stereocenters. The third-order valence-electron chi connectivity index (χ3n) is 4.45. The average Bonchev–Trinajstić information content (AvgIpc) is 2.62.